The second-order valence-electron chi connectivity index (χ2n) is 4.80. The normalized spacial score (nSPS) is 33.8. The third-order valence-electron chi connectivity index (χ3n) is 3.74. The molecule has 2 aliphatic heterocycles. The van der Waals surface area contributed by atoms with Gasteiger partial charge in [0.15, 0.2) is 0 Å². The number of nitrogens with zero attached hydrogens (tertiary/aromatic N) is 2. The zero-order valence-corrected chi connectivity index (χ0v) is 9.72. The Labute approximate surface area is 95.0 Å². The number of imide groups is 1. The Bertz CT molecular complexity index is 316. The van der Waals surface area contributed by atoms with Crippen molar-refractivity contribution in [3.8, 4) is 0 Å². The molecule has 0 aromatic rings. The summed E-state index contributed by atoms with van der Waals surface area (Å²) < 4.78 is 0. The molecule has 2 amide bonds. The Morgan fingerprint density at radius 1 is 1.44 bits per heavy atom. The zero-order valence-electron chi connectivity index (χ0n) is 9.72. The molecule has 5 nitrogen and oxygen atoms in total. The van der Waals surface area contributed by atoms with E-state index in [1.165, 1.54) is 11.9 Å². The SMILES string of the molecule is CC(O)C1CCN(C2CC(=O)N(C)C2=O)C1. The molecule has 0 aliphatic carbocycles. The van der Waals surface area contributed by atoms with Crippen LogP contribution in [0, 0.1) is 5.92 Å². The third-order valence-corrected chi connectivity index (χ3v) is 3.74. The number of amides is 2. The lowest BCUT2D eigenvalue weighted by Gasteiger charge is -2.22. The van der Waals surface area contributed by atoms with E-state index >= 15 is 0 Å². The Hall–Kier alpha value is -0.940. The number of likely N-dealkylation sites (N-methyl/N-ethyl adjacent to an activating group) is 1. The van der Waals surface area contributed by atoms with Gasteiger partial charge in [-0.2, -0.15) is 0 Å². The number of rotatable bonds is 2. The molecule has 0 radical (unpaired) electrons. The third kappa shape index (κ3) is 1.85. The maximum atomic E-state index is 11.8. The topological polar surface area (TPSA) is 60.9 Å². The van der Waals surface area contributed by atoms with E-state index in [2.05, 4.69) is 0 Å². The Kier molecular flexibility index (Phi) is 2.99. The first kappa shape index (κ1) is 11.5. The standard InChI is InChI=1S/C11H18N2O3/c1-7(14)8-3-4-13(6-8)9-5-10(15)12(2)11(9)16/h7-9,14H,3-6H2,1-2H3. The highest BCUT2D eigenvalue weighted by Gasteiger charge is 2.42. The van der Waals surface area contributed by atoms with E-state index in [0.29, 0.717) is 6.42 Å². The Morgan fingerprint density at radius 2 is 2.12 bits per heavy atom. The van der Waals surface area contributed by atoms with Crippen LogP contribution in [0.15, 0.2) is 0 Å². The Balaban J connectivity index is 2.00. The van der Waals surface area contributed by atoms with Gasteiger partial charge < -0.3 is 5.11 Å². The summed E-state index contributed by atoms with van der Waals surface area (Å²) in [5.74, 6) is 0.0283. The summed E-state index contributed by atoms with van der Waals surface area (Å²) in [6.07, 6.45) is 0.858. The summed E-state index contributed by atoms with van der Waals surface area (Å²) in [7, 11) is 1.53. The van der Waals surface area contributed by atoms with Crippen LogP contribution in [0.3, 0.4) is 0 Å². The van der Waals surface area contributed by atoms with Crippen LogP contribution in [-0.2, 0) is 9.59 Å². The van der Waals surface area contributed by atoms with Gasteiger partial charge in [0, 0.05) is 13.6 Å². The van der Waals surface area contributed by atoms with Crippen molar-refractivity contribution in [3.63, 3.8) is 0 Å². The van der Waals surface area contributed by atoms with Crippen molar-refractivity contribution in [2.75, 3.05) is 20.1 Å². The maximum absolute atomic E-state index is 11.8. The molecule has 3 unspecified atom stereocenters. The maximum Gasteiger partial charge on any atom is 0.246 e. The molecule has 0 aromatic heterocycles. The van der Waals surface area contributed by atoms with Crippen LogP contribution in [0.5, 0.6) is 0 Å². The minimum absolute atomic E-state index is 0.101. The summed E-state index contributed by atoms with van der Waals surface area (Å²) in [6.45, 7) is 3.30. The summed E-state index contributed by atoms with van der Waals surface area (Å²) in [5.41, 5.74) is 0. The van der Waals surface area contributed by atoms with Crippen molar-refractivity contribution < 1.29 is 14.7 Å². The van der Waals surface area contributed by atoms with Crippen molar-refractivity contribution >= 4 is 11.8 Å². The van der Waals surface area contributed by atoms with Crippen LogP contribution in [0.25, 0.3) is 0 Å². The first-order chi connectivity index (χ1) is 7.50. The fourth-order valence-electron chi connectivity index (χ4n) is 2.51. The van der Waals surface area contributed by atoms with Gasteiger partial charge in [0.1, 0.15) is 0 Å². The van der Waals surface area contributed by atoms with Gasteiger partial charge in [-0.25, -0.2) is 0 Å². The van der Waals surface area contributed by atoms with E-state index in [1.54, 1.807) is 6.92 Å². The molecule has 3 atom stereocenters. The molecule has 0 spiro atoms. The molecule has 0 aromatic carbocycles. The first-order valence-corrected chi connectivity index (χ1v) is 5.73. The number of hydrogen-bond donors (Lipinski definition) is 1. The van der Waals surface area contributed by atoms with Gasteiger partial charge in [-0.3, -0.25) is 19.4 Å². The van der Waals surface area contributed by atoms with Crippen molar-refractivity contribution in [3.05, 3.63) is 0 Å². The van der Waals surface area contributed by atoms with Crippen LogP contribution < -0.4 is 0 Å². The van der Waals surface area contributed by atoms with E-state index in [9.17, 15) is 14.7 Å². The first-order valence-electron chi connectivity index (χ1n) is 5.73. The lowest BCUT2D eigenvalue weighted by Crippen LogP contribution is -2.40. The molecule has 16 heavy (non-hydrogen) atoms. The zero-order chi connectivity index (χ0) is 11.9. The van der Waals surface area contributed by atoms with Gasteiger partial charge >= 0.3 is 0 Å². The van der Waals surface area contributed by atoms with Gasteiger partial charge in [-0.05, 0) is 25.8 Å². The minimum atomic E-state index is -0.338. The average molecular weight is 226 g/mol. The van der Waals surface area contributed by atoms with Crippen molar-refractivity contribution in [1.82, 2.24) is 9.80 Å². The largest absolute Gasteiger partial charge is 0.393 e. The van der Waals surface area contributed by atoms with E-state index in [0.717, 1.165) is 19.5 Å². The van der Waals surface area contributed by atoms with Gasteiger partial charge in [-0.15, -0.1) is 0 Å². The fraction of sp³-hybridized carbons (Fsp3) is 0.818. The average Bonchev–Trinajstić information content (AvgIpc) is 2.79. The van der Waals surface area contributed by atoms with Crippen LogP contribution in [0.2, 0.25) is 0 Å². The number of aliphatic hydroxyl groups is 1. The van der Waals surface area contributed by atoms with Crippen molar-refractivity contribution in [2.24, 2.45) is 5.92 Å². The fourth-order valence-corrected chi connectivity index (χ4v) is 2.51. The number of carbonyl (C=O) groups excluding carboxylic acids is 2. The van der Waals surface area contributed by atoms with Crippen LogP contribution in [0.4, 0.5) is 0 Å². The second kappa shape index (κ2) is 4.14. The quantitative estimate of drug-likeness (QED) is 0.642. The van der Waals surface area contributed by atoms with Gasteiger partial charge in [0.2, 0.25) is 11.8 Å². The van der Waals surface area contributed by atoms with Crippen LogP contribution in [0.1, 0.15) is 19.8 Å². The second-order valence-corrected chi connectivity index (χ2v) is 4.80. The molecule has 2 rings (SSSR count). The molecular formula is C11H18N2O3. The molecular weight excluding hydrogens is 208 g/mol. The molecule has 0 bridgehead atoms. The van der Waals surface area contributed by atoms with Gasteiger partial charge in [0.25, 0.3) is 0 Å². The van der Waals surface area contributed by atoms with E-state index < -0.39 is 0 Å². The van der Waals surface area contributed by atoms with Crippen molar-refractivity contribution in [2.45, 2.75) is 31.9 Å². The smallest absolute Gasteiger partial charge is 0.246 e. The molecule has 2 heterocycles. The van der Waals surface area contributed by atoms with Crippen LogP contribution in [-0.4, -0.2) is 59.0 Å². The molecule has 90 valence electrons. The monoisotopic (exact) mass is 226 g/mol. The van der Waals surface area contributed by atoms with E-state index in [4.69, 9.17) is 0 Å². The van der Waals surface area contributed by atoms with Gasteiger partial charge in [-0.1, -0.05) is 0 Å². The summed E-state index contributed by atoms with van der Waals surface area (Å²) in [6, 6.07) is -0.291. The highest BCUT2D eigenvalue weighted by molar-refractivity contribution is 6.05. The minimum Gasteiger partial charge on any atom is -0.393 e. The predicted molar refractivity (Wildman–Crippen MR) is 57.5 cm³/mol. The Morgan fingerprint density at radius 3 is 2.56 bits per heavy atom. The number of carbonyl (C=O) groups is 2. The number of hydrogen-bond acceptors (Lipinski definition) is 4. The number of aliphatic hydroxyl groups excluding tert-OH is 1. The van der Waals surface area contributed by atoms with Crippen LogP contribution >= 0.6 is 0 Å². The highest BCUT2D eigenvalue weighted by atomic mass is 16.3. The van der Waals surface area contributed by atoms with E-state index in [1.807, 2.05) is 4.90 Å². The summed E-state index contributed by atoms with van der Waals surface area (Å²) in [4.78, 5) is 26.4. The molecule has 5 heteroatoms. The number of likely N-dealkylation sites (tertiary alicyclic amines) is 2. The lowest BCUT2D eigenvalue weighted by molar-refractivity contribution is -0.138. The molecule has 1 N–H and O–H groups in total. The molecule has 0 saturated carbocycles. The van der Waals surface area contributed by atoms with Gasteiger partial charge in [0.05, 0.1) is 18.6 Å². The highest BCUT2D eigenvalue weighted by Crippen LogP contribution is 2.26. The van der Waals surface area contributed by atoms with Crippen molar-refractivity contribution in [1.29, 1.82) is 0 Å². The lowest BCUT2D eigenvalue weighted by atomic mass is 10.0. The molecule has 2 saturated heterocycles. The van der Waals surface area contributed by atoms with E-state index in [-0.39, 0.29) is 29.9 Å². The summed E-state index contributed by atoms with van der Waals surface area (Å²) in [5, 5.41) is 9.49. The summed E-state index contributed by atoms with van der Waals surface area (Å²) >= 11 is 0. The molecule has 2 aliphatic rings. The predicted octanol–water partition coefficient (Wildman–Crippen LogP) is -0.554. The molecule has 2 fully saturated rings.